The van der Waals surface area contributed by atoms with Gasteiger partial charge in [-0.3, -0.25) is 4.79 Å². The topological polar surface area (TPSA) is 67.5 Å². The summed E-state index contributed by atoms with van der Waals surface area (Å²) in [6.45, 7) is 3.04. The van der Waals surface area contributed by atoms with Crippen LogP contribution in [0.4, 0.5) is 0 Å². The Morgan fingerprint density at radius 2 is 2.22 bits per heavy atom. The molecule has 1 aliphatic rings. The van der Waals surface area contributed by atoms with Crippen molar-refractivity contribution in [3.05, 3.63) is 53.8 Å². The molecule has 1 aliphatic heterocycles. The average Bonchev–Trinajstić information content (AvgIpc) is 3.05. The first-order valence-electron chi connectivity index (χ1n) is 7.45. The lowest BCUT2D eigenvalue weighted by Crippen LogP contribution is -2.43. The molecule has 0 bridgehead atoms. The predicted molar refractivity (Wildman–Crippen MR) is 85.5 cm³/mol. The molecule has 2 aromatic rings. The van der Waals surface area contributed by atoms with Crippen molar-refractivity contribution in [2.45, 2.75) is 19.6 Å². The van der Waals surface area contributed by atoms with Crippen molar-refractivity contribution < 1.29 is 14.3 Å². The van der Waals surface area contributed by atoms with Crippen LogP contribution in [0.2, 0.25) is 0 Å². The quantitative estimate of drug-likeness (QED) is 0.879. The molecule has 1 atom stereocenters. The molecular formula is C17H19N3O3. The molecule has 0 unspecified atom stereocenters. The minimum atomic E-state index is -0.123. The number of benzene rings is 1. The monoisotopic (exact) mass is 313 g/mol. The van der Waals surface area contributed by atoms with E-state index in [-0.39, 0.29) is 12.0 Å². The van der Waals surface area contributed by atoms with Gasteiger partial charge in [0.05, 0.1) is 25.7 Å². The zero-order chi connectivity index (χ0) is 16.2. The first-order valence-corrected chi connectivity index (χ1v) is 7.45. The van der Waals surface area contributed by atoms with Gasteiger partial charge in [-0.15, -0.1) is 0 Å². The molecule has 0 spiro atoms. The van der Waals surface area contributed by atoms with E-state index < -0.39 is 0 Å². The van der Waals surface area contributed by atoms with Crippen molar-refractivity contribution in [3.8, 4) is 5.75 Å². The van der Waals surface area contributed by atoms with Crippen molar-refractivity contribution in [1.82, 2.24) is 14.9 Å². The Hall–Kier alpha value is -2.76. The molecule has 1 saturated heterocycles. The number of rotatable bonds is 4. The molecule has 2 heterocycles. The first-order chi connectivity index (χ1) is 11.2. The van der Waals surface area contributed by atoms with E-state index in [2.05, 4.69) is 9.97 Å². The van der Waals surface area contributed by atoms with Gasteiger partial charge in [-0.1, -0.05) is 12.1 Å². The first kappa shape index (κ1) is 15.1. The maximum Gasteiger partial charge on any atom is 0.289 e. The third kappa shape index (κ3) is 3.53. The minimum Gasteiger partial charge on any atom is -0.497 e. The molecule has 1 amide bonds. The maximum absolute atomic E-state index is 12.6. The van der Waals surface area contributed by atoms with E-state index in [4.69, 9.17) is 9.47 Å². The highest BCUT2D eigenvalue weighted by atomic mass is 16.5. The summed E-state index contributed by atoms with van der Waals surface area (Å²) >= 11 is 0. The summed E-state index contributed by atoms with van der Waals surface area (Å²) in [4.78, 5) is 21.3. The third-order valence-corrected chi connectivity index (χ3v) is 3.63. The van der Waals surface area contributed by atoms with Crippen LogP contribution >= 0.6 is 0 Å². The maximum atomic E-state index is 12.6. The van der Waals surface area contributed by atoms with Gasteiger partial charge >= 0.3 is 0 Å². The Morgan fingerprint density at radius 3 is 2.87 bits per heavy atom. The number of methoxy groups -OCH3 is 1. The van der Waals surface area contributed by atoms with Crippen LogP contribution in [0.25, 0.3) is 6.08 Å². The van der Waals surface area contributed by atoms with Crippen LogP contribution in [-0.4, -0.2) is 40.5 Å². The lowest BCUT2D eigenvalue weighted by Gasteiger charge is -2.33. The van der Waals surface area contributed by atoms with Gasteiger partial charge in [0.15, 0.2) is 5.76 Å². The summed E-state index contributed by atoms with van der Waals surface area (Å²) in [6.07, 6.45) is 4.89. The number of carbonyl (C=O) groups is 1. The summed E-state index contributed by atoms with van der Waals surface area (Å²) in [7, 11) is 1.63. The van der Waals surface area contributed by atoms with E-state index in [1.165, 1.54) is 0 Å². The Balaban J connectivity index is 1.76. The number of ether oxygens (including phenoxy) is 2. The predicted octanol–water partition coefficient (Wildman–Crippen LogP) is 2.21. The second-order valence-corrected chi connectivity index (χ2v) is 5.46. The molecule has 0 aliphatic carbocycles. The fourth-order valence-corrected chi connectivity index (χ4v) is 2.52. The van der Waals surface area contributed by atoms with Crippen LogP contribution in [0.1, 0.15) is 18.2 Å². The highest BCUT2D eigenvalue weighted by molar-refractivity contribution is 5.96. The van der Waals surface area contributed by atoms with E-state index in [9.17, 15) is 4.79 Å². The van der Waals surface area contributed by atoms with Crippen molar-refractivity contribution >= 4 is 12.0 Å². The van der Waals surface area contributed by atoms with Crippen LogP contribution < -0.4 is 4.74 Å². The summed E-state index contributed by atoms with van der Waals surface area (Å²) in [5.41, 5.74) is 1.72. The zero-order valence-corrected chi connectivity index (χ0v) is 13.2. The van der Waals surface area contributed by atoms with Gasteiger partial charge in [0.1, 0.15) is 11.9 Å². The van der Waals surface area contributed by atoms with Gasteiger partial charge in [-0.2, -0.15) is 0 Å². The van der Waals surface area contributed by atoms with Gasteiger partial charge in [-0.05, 0) is 24.6 Å². The normalized spacial score (nSPS) is 19.7. The van der Waals surface area contributed by atoms with E-state index in [1.807, 2.05) is 31.2 Å². The lowest BCUT2D eigenvalue weighted by molar-refractivity contribution is -0.139. The average molecular weight is 313 g/mol. The number of amides is 1. The molecule has 6 heteroatoms. The molecule has 0 saturated carbocycles. The molecular weight excluding hydrogens is 294 g/mol. The molecule has 120 valence electrons. The fourth-order valence-electron chi connectivity index (χ4n) is 2.52. The minimum absolute atomic E-state index is 0.0591. The summed E-state index contributed by atoms with van der Waals surface area (Å²) < 4.78 is 10.8. The van der Waals surface area contributed by atoms with E-state index in [0.29, 0.717) is 24.5 Å². The summed E-state index contributed by atoms with van der Waals surface area (Å²) in [5, 5.41) is 0. The number of morpholine rings is 1. The standard InChI is InChI=1S/C17H19N3O3/c1-12-9-20(10-13-3-5-15(22-2)6-4-13)17(21)16(23-12)7-14-8-18-11-19-14/h3-8,11-12H,9-10H2,1-2H3,(H,18,19)/b16-7+/t12-/m1/s1. The van der Waals surface area contributed by atoms with Crippen LogP contribution in [0.5, 0.6) is 5.75 Å². The number of imidazole rings is 1. The van der Waals surface area contributed by atoms with Gasteiger partial charge in [0, 0.05) is 18.8 Å². The highest BCUT2D eigenvalue weighted by Crippen LogP contribution is 2.21. The van der Waals surface area contributed by atoms with Gasteiger partial charge < -0.3 is 19.4 Å². The number of aromatic nitrogens is 2. The van der Waals surface area contributed by atoms with E-state index in [1.54, 1.807) is 30.6 Å². The Bertz CT molecular complexity index is 692. The highest BCUT2D eigenvalue weighted by Gasteiger charge is 2.29. The van der Waals surface area contributed by atoms with Gasteiger partial charge in [0.2, 0.25) is 0 Å². The van der Waals surface area contributed by atoms with Crippen LogP contribution in [0.3, 0.4) is 0 Å². The van der Waals surface area contributed by atoms with E-state index in [0.717, 1.165) is 11.3 Å². The van der Waals surface area contributed by atoms with Crippen molar-refractivity contribution in [2.75, 3.05) is 13.7 Å². The molecule has 1 aromatic heterocycles. The van der Waals surface area contributed by atoms with Crippen LogP contribution in [-0.2, 0) is 16.1 Å². The third-order valence-electron chi connectivity index (χ3n) is 3.63. The Labute approximate surface area is 134 Å². The van der Waals surface area contributed by atoms with Crippen molar-refractivity contribution in [1.29, 1.82) is 0 Å². The van der Waals surface area contributed by atoms with Crippen LogP contribution in [0.15, 0.2) is 42.5 Å². The molecule has 6 nitrogen and oxygen atoms in total. The molecule has 1 N–H and O–H groups in total. The number of nitrogens with one attached hydrogen (secondary N) is 1. The molecule has 0 radical (unpaired) electrons. The number of hydrogen-bond acceptors (Lipinski definition) is 4. The summed E-state index contributed by atoms with van der Waals surface area (Å²) in [6, 6.07) is 7.71. The second-order valence-electron chi connectivity index (χ2n) is 5.46. The smallest absolute Gasteiger partial charge is 0.289 e. The lowest BCUT2D eigenvalue weighted by atomic mass is 10.1. The number of nitrogens with zero attached hydrogens (tertiary/aromatic N) is 2. The molecule has 3 rings (SSSR count). The Kier molecular flexibility index (Phi) is 4.32. The molecule has 1 fully saturated rings. The van der Waals surface area contributed by atoms with Crippen molar-refractivity contribution in [2.24, 2.45) is 0 Å². The number of H-pyrrole nitrogens is 1. The van der Waals surface area contributed by atoms with Crippen molar-refractivity contribution in [3.63, 3.8) is 0 Å². The van der Waals surface area contributed by atoms with Gasteiger partial charge in [-0.25, -0.2) is 4.98 Å². The molecule has 1 aromatic carbocycles. The summed E-state index contributed by atoms with van der Waals surface area (Å²) in [5.74, 6) is 1.00. The SMILES string of the molecule is COc1ccc(CN2C[C@@H](C)O/C(=C/c3c[nH]cn3)C2=O)cc1. The van der Waals surface area contributed by atoms with E-state index >= 15 is 0 Å². The number of hydrogen-bond donors (Lipinski definition) is 1. The zero-order valence-electron chi connectivity index (χ0n) is 13.2. The Morgan fingerprint density at radius 1 is 1.43 bits per heavy atom. The molecule has 23 heavy (non-hydrogen) atoms. The second kappa shape index (κ2) is 6.56. The number of carbonyl (C=O) groups excluding carboxylic acids is 1. The fraction of sp³-hybridized carbons (Fsp3) is 0.294. The number of aromatic amines is 1. The van der Waals surface area contributed by atoms with Gasteiger partial charge in [0.25, 0.3) is 5.91 Å². The van der Waals surface area contributed by atoms with Crippen LogP contribution in [0, 0.1) is 0 Å². The largest absolute Gasteiger partial charge is 0.497 e.